The summed E-state index contributed by atoms with van der Waals surface area (Å²) in [6, 6.07) is 0. The van der Waals surface area contributed by atoms with E-state index in [9.17, 15) is 0 Å². The fraction of sp³-hybridized carbons (Fsp3) is 0.583. The van der Waals surface area contributed by atoms with Crippen LogP contribution in [0.1, 0.15) is 37.6 Å². The van der Waals surface area contributed by atoms with E-state index < -0.39 is 0 Å². The summed E-state index contributed by atoms with van der Waals surface area (Å²) in [5.74, 6) is 6.00. The molecule has 0 unspecified atom stereocenters. The number of aromatic nitrogens is 1. The highest BCUT2D eigenvalue weighted by atomic mass is 32.1. The predicted octanol–water partition coefficient (Wildman–Crippen LogP) is 2.53. The topological polar surface area (TPSA) is 24.9 Å². The summed E-state index contributed by atoms with van der Waals surface area (Å²) in [5, 5.41) is 6.87. The van der Waals surface area contributed by atoms with E-state index in [1.165, 1.54) is 30.7 Å². The molecule has 1 N–H and O–H groups in total. The molecule has 0 radical (unpaired) electrons. The van der Waals surface area contributed by atoms with Gasteiger partial charge in [0.1, 0.15) is 5.01 Å². The second-order valence-electron chi connectivity index (χ2n) is 3.91. The van der Waals surface area contributed by atoms with E-state index in [-0.39, 0.29) is 5.54 Å². The SMILES string of the molecule is CC#CCNC1(c2nccs2)CCCC1. The molecule has 2 nitrogen and oxygen atoms in total. The van der Waals surface area contributed by atoms with Gasteiger partial charge in [-0.3, -0.25) is 5.32 Å². The van der Waals surface area contributed by atoms with E-state index in [2.05, 4.69) is 27.5 Å². The van der Waals surface area contributed by atoms with Crippen LogP contribution in [0.5, 0.6) is 0 Å². The molecule has 80 valence electrons. The van der Waals surface area contributed by atoms with Crippen molar-refractivity contribution in [3.63, 3.8) is 0 Å². The van der Waals surface area contributed by atoms with Crippen LogP contribution >= 0.6 is 11.3 Å². The van der Waals surface area contributed by atoms with E-state index in [1.54, 1.807) is 11.3 Å². The lowest BCUT2D eigenvalue weighted by Gasteiger charge is -2.27. The van der Waals surface area contributed by atoms with E-state index >= 15 is 0 Å². The molecule has 0 aliphatic heterocycles. The Labute approximate surface area is 95.1 Å². The highest BCUT2D eigenvalue weighted by Gasteiger charge is 2.36. The van der Waals surface area contributed by atoms with Crippen molar-refractivity contribution in [2.75, 3.05) is 6.54 Å². The third-order valence-corrected chi connectivity index (χ3v) is 3.97. The summed E-state index contributed by atoms with van der Waals surface area (Å²) in [5.41, 5.74) is 0.123. The van der Waals surface area contributed by atoms with Crippen molar-refractivity contribution in [3.8, 4) is 11.8 Å². The first-order valence-electron chi connectivity index (χ1n) is 5.42. The average molecular weight is 220 g/mol. The van der Waals surface area contributed by atoms with Gasteiger partial charge in [-0.25, -0.2) is 4.98 Å². The fourth-order valence-electron chi connectivity index (χ4n) is 2.21. The van der Waals surface area contributed by atoms with Crippen molar-refractivity contribution in [1.82, 2.24) is 10.3 Å². The molecular formula is C12H16N2S. The Hall–Kier alpha value is -0.850. The van der Waals surface area contributed by atoms with Crippen molar-refractivity contribution in [2.24, 2.45) is 0 Å². The zero-order chi connectivity index (χ0) is 10.6. The Balaban J connectivity index is 2.12. The molecule has 0 aromatic carbocycles. The molecule has 2 rings (SSSR count). The van der Waals surface area contributed by atoms with Gasteiger partial charge in [-0.05, 0) is 19.8 Å². The van der Waals surface area contributed by atoms with Gasteiger partial charge >= 0.3 is 0 Å². The van der Waals surface area contributed by atoms with Crippen LogP contribution in [0.15, 0.2) is 11.6 Å². The molecule has 1 aromatic rings. The number of hydrogen-bond acceptors (Lipinski definition) is 3. The van der Waals surface area contributed by atoms with E-state index in [0.29, 0.717) is 0 Å². The van der Waals surface area contributed by atoms with Gasteiger partial charge in [0, 0.05) is 11.6 Å². The van der Waals surface area contributed by atoms with Crippen molar-refractivity contribution in [1.29, 1.82) is 0 Å². The van der Waals surface area contributed by atoms with Crippen LogP contribution in [0.4, 0.5) is 0 Å². The summed E-state index contributed by atoms with van der Waals surface area (Å²) in [6.45, 7) is 2.66. The van der Waals surface area contributed by atoms with Gasteiger partial charge in [0.25, 0.3) is 0 Å². The van der Waals surface area contributed by atoms with Gasteiger partial charge in [0.05, 0.1) is 12.1 Å². The van der Waals surface area contributed by atoms with Gasteiger partial charge in [0.2, 0.25) is 0 Å². The Morgan fingerprint density at radius 2 is 2.33 bits per heavy atom. The molecule has 1 saturated carbocycles. The normalized spacial score (nSPS) is 18.5. The maximum Gasteiger partial charge on any atom is 0.113 e. The molecule has 1 aliphatic rings. The molecule has 1 fully saturated rings. The fourth-order valence-corrected chi connectivity index (χ4v) is 3.08. The van der Waals surface area contributed by atoms with Gasteiger partial charge in [-0.15, -0.1) is 17.3 Å². The quantitative estimate of drug-likeness (QED) is 0.792. The highest BCUT2D eigenvalue weighted by Crippen LogP contribution is 2.39. The second kappa shape index (κ2) is 4.78. The summed E-state index contributed by atoms with van der Waals surface area (Å²) in [7, 11) is 0. The van der Waals surface area contributed by atoms with Crippen molar-refractivity contribution in [2.45, 2.75) is 38.1 Å². The minimum atomic E-state index is 0.123. The Bertz CT molecular complexity index is 353. The average Bonchev–Trinajstić information content (AvgIpc) is 2.89. The number of thiazole rings is 1. The number of nitrogens with one attached hydrogen (secondary N) is 1. The lowest BCUT2D eigenvalue weighted by molar-refractivity contribution is 0.358. The zero-order valence-corrected chi connectivity index (χ0v) is 9.86. The smallest absolute Gasteiger partial charge is 0.113 e. The molecule has 0 saturated heterocycles. The van der Waals surface area contributed by atoms with Gasteiger partial charge in [0.15, 0.2) is 0 Å². The number of hydrogen-bond donors (Lipinski definition) is 1. The first-order chi connectivity index (χ1) is 7.37. The lowest BCUT2D eigenvalue weighted by atomic mass is 9.98. The standard InChI is InChI=1S/C12H16N2S/c1-2-3-8-14-12(6-4-5-7-12)11-13-9-10-15-11/h9-10,14H,4-8H2,1H3. The number of rotatable bonds is 3. The van der Waals surface area contributed by atoms with E-state index in [0.717, 1.165) is 6.54 Å². The van der Waals surface area contributed by atoms with Crippen LogP contribution in [0.25, 0.3) is 0 Å². The van der Waals surface area contributed by atoms with Crippen LogP contribution in [0.3, 0.4) is 0 Å². The van der Waals surface area contributed by atoms with Crippen LogP contribution in [-0.2, 0) is 5.54 Å². The number of nitrogens with zero attached hydrogens (tertiary/aromatic N) is 1. The summed E-state index contributed by atoms with van der Waals surface area (Å²) < 4.78 is 0. The molecule has 1 aliphatic carbocycles. The molecule has 0 atom stereocenters. The Morgan fingerprint density at radius 3 is 2.93 bits per heavy atom. The Kier molecular flexibility index (Phi) is 3.40. The highest BCUT2D eigenvalue weighted by molar-refractivity contribution is 7.09. The van der Waals surface area contributed by atoms with E-state index in [1.807, 2.05) is 13.1 Å². The first-order valence-corrected chi connectivity index (χ1v) is 6.30. The van der Waals surface area contributed by atoms with Crippen LogP contribution < -0.4 is 5.32 Å². The van der Waals surface area contributed by atoms with Crippen LogP contribution in [0.2, 0.25) is 0 Å². The van der Waals surface area contributed by atoms with Crippen molar-refractivity contribution < 1.29 is 0 Å². The van der Waals surface area contributed by atoms with Crippen LogP contribution in [0, 0.1) is 11.8 Å². The van der Waals surface area contributed by atoms with Gasteiger partial charge in [-0.2, -0.15) is 0 Å². The predicted molar refractivity (Wildman–Crippen MR) is 63.7 cm³/mol. The van der Waals surface area contributed by atoms with Gasteiger partial charge < -0.3 is 0 Å². The zero-order valence-electron chi connectivity index (χ0n) is 9.05. The van der Waals surface area contributed by atoms with Gasteiger partial charge in [-0.1, -0.05) is 18.8 Å². The summed E-state index contributed by atoms with van der Waals surface area (Å²) in [6.07, 6.45) is 6.89. The molecule has 0 spiro atoms. The summed E-state index contributed by atoms with van der Waals surface area (Å²) in [4.78, 5) is 4.46. The molecule has 1 aromatic heterocycles. The lowest BCUT2D eigenvalue weighted by Crippen LogP contribution is -2.40. The summed E-state index contributed by atoms with van der Waals surface area (Å²) >= 11 is 1.76. The second-order valence-corrected chi connectivity index (χ2v) is 4.80. The molecule has 0 amide bonds. The van der Waals surface area contributed by atoms with E-state index in [4.69, 9.17) is 0 Å². The largest absolute Gasteiger partial charge is 0.295 e. The molecule has 0 bridgehead atoms. The maximum atomic E-state index is 4.46. The Morgan fingerprint density at radius 1 is 1.53 bits per heavy atom. The molecule has 3 heteroatoms. The third kappa shape index (κ3) is 2.22. The molecule has 1 heterocycles. The molecular weight excluding hydrogens is 204 g/mol. The maximum absolute atomic E-state index is 4.46. The monoisotopic (exact) mass is 220 g/mol. The van der Waals surface area contributed by atoms with Crippen molar-refractivity contribution >= 4 is 11.3 Å². The van der Waals surface area contributed by atoms with Crippen molar-refractivity contribution in [3.05, 3.63) is 16.6 Å². The third-order valence-electron chi connectivity index (χ3n) is 2.99. The minimum Gasteiger partial charge on any atom is -0.295 e. The molecule has 15 heavy (non-hydrogen) atoms. The van der Waals surface area contributed by atoms with Crippen LogP contribution in [-0.4, -0.2) is 11.5 Å². The first kappa shape index (κ1) is 10.7. The minimum absolute atomic E-state index is 0.123.